The number of hydrogen-bond acceptors (Lipinski definition) is 3. The van der Waals surface area contributed by atoms with E-state index in [4.69, 9.17) is 15.4 Å². The van der Waals surface area contributed by atoms with E-state index in [1.54, 1.807) is 0 Å². The van der Waals surface area contributed by atoms with E-state index in [0.717, 1.165) is 110 Å². The van der Waals surface area contributed by atoms with Gasteiger partial charge in [-0.1, -0.05) is 149 Å². The first-order valence-electron chi connectivity index (χ1n) is 27.3. The highest BCUT2D eigenvalue weighted by atomic mass is 16.3. The van der Waals surface area contributed by atoms with Crippen LogP contribution in [0.4, 0.5) is 5.69 Å². The lowest BCUT2D eigenvalue weighted by Crippen LogP contribution is -2.14. The fourth-order valence-electron chi connectivity index (χ4n) is 14.3. The third-order valence-corrected chi connectivity index (χ3v) is 18.2. The summed E-state index contributed by atoms with van der Waals surface area (Å²) in [5.74, 6) is 0. The van der Waals surface area contributed by atoms with Gasteiger partial charge < -0.3 is 18.0 Å². The molecule has 374 valence electrons. The second kappa shape index (κ2) is 15.6. The molecular formula is C74H46N4O2. The van der Waals surface area contributed by atoms with E-state index in [1.165, 1.54) is 44.5 Å². The minimum absolute atomic E-state index is 0.154. The number of aromatic nitrogens is 2. The van der Waals surface area contributed by atoms with Crippen LogP contribution in [0.25, 0.3) is 148 Å². The Labute approximate surface area is 460 Å². The van der Waals surface area contributed by atoms with Crippen LogP contribution in [0, 0.1) is 17.9 Å². The summed E-state index contributed by atoms with van der Waals surface area (Å²) in [6, 6.07) is 75.9. The Morgan fingerprint density at radius 1 is 0.400 bits per heavy atom. The molecule has 15 aromatic rings. The molecule has 0 atom stereocenters. The van der Waals surface area contributed by atoms with E-state index >= 15 is 0 Å². The van der Waals surface area contributed by atoms with Crippen molar-refractivity contribution in [3.8, 4) is 62.0 Å². The molecule has 0 aliphatic heterocycles. The van der Waals surface area contributed by atoms with Crippen LogP contribution >= 0.6 is 0 Å². The average Bonchev–Trinajstić information content (AvgIpc) is 4.47. The van der Waals surface area contributed by atoms with Crippen molar-refractivity contribution >= 4 is 93.2 Å². The summed E-state index contributed by atoms with van der Waals surface area (Å²) in [5.41, 5.74) is 23.4. The van der Waals surface area contributed by atoms with Gasteiger partial charge in [-0.15, -0.1) is 0 Å². The van der Waals surface area contributed by atoms with Crippen molar-refractivity contribution in [2.45, 2.75) is 38.5 Å². The van der Waals surface area contributed by atoms with E-state index in [-0.39, 0.29) is 10.8 Å². The molecule has 2 aliphatic carbocycles. The van der Waals surface area contributed by atoms with E-state index in [1.807, 2.05) is 48.5 Å². The molecule has 0 fully saturated rings. The van der Waals surface area contributed by atoms with Crippen LogP contribution in [0.2, 0.25) is 0 Å². The van der Waals surface area contributed by atoms with Gasteiger partial charge in [0.25, 0.3) is 0 Å². The third-order valence-electron chi connectivity index (χ3n) is 18.2. The molecule has 6 nitrogen and oxygen atoms in total. The number of benzene rings is 11. The minimum Gasteiger partial charge on any atom is -0.455 e. The molecule has 0 radical (unpaired) electrons. The lowest BCUT2D eigenvalue weighted by Gasteiger charge is -2.22. The second-order valence-electron chi connectivity index (χ2n) is 22.9. The molecule has 0 N–H and O–H groups in total. The number of furan rings is 2. The van der Waals surface area contributed by atoms with Crippen molar-refractivity contribution in [2.24, 2.45) is 0 Å². The summed E-state index contributed by atoms with van der Waals surface area (Å²) < 4.78 is 18.0. The van der Waals surface area contributed by atoms with Gasteiger partial charge in [-0.2, -0.15) is 5.26 Å². The van der Waals surface area contributed by atoms with Gasteiger partial charge in [-0.05, 0) is 152 Å². The minimum atomic E-state index is -0.154. The van der Waals surface area contributed by atoms with Crippen LogP contribution in [-0.2, 0) is 10.8 Å². The van der Waals surface area contributed by atoms with E-state index in [9.17, 15) is 5.26 Å². The molecule has 0 amide bonds. The first-order chi connectivity index (χ1) is 39.1. The number of hydrogen-bond donors (Lipinski definition) is 0. The Hall–Kier alpha value is -10.4. The molecule has 0 unspecified atom stereocenters. The second-order valence-corrected chi connectivity index (χ2v) is 22.9. The van der Waals surface area contributed by atoms with Gasteiger partial charge >= 0.3 is 0 Å². The van der Waals surface area contributed by atoms with Crippen LogP contribution < -0.4 is 0 Å². The monoisotopic (exact) mass is 1020 g/mol. The van der Waals surface area contributed by atoms with E-state index in [2.05, 4.69) is 205 Å². The summed E-state index contributed by atoms with van der Waals surface area (Å²) in [5, 5.41) is 19.5. The topological polar surface area (TPSA) is 64.3 Å². The first kappa shape index (κ1) is 44.7. The molecule has 0 saturated heterocycles. The van der Waals surface area contributed by atoms with Crippen molar-refractivity contribution in [3.05, 3.63) is 245 Å². The summed E-state index contributed by atoms with van der Waals surface area (Å²) in [6.45, 7) is 18.2. The maximum atomic E-state index is 11.5. The fourth-order valence-corrected chi connectivity index (χ4v) is 14.3. The summed E-state index contributed by atoms with van der Waals surface area (Å²) in [4.78, 5) is 4.32. The standard InChI is InChI=1S/C74H46N4O2/c1-73(2)56-18-10-6-14-46(56)48-26-22-43(36-58(48)73)41-24-30-61-54(34-41)69-63(32-28-52-50-16-8-12-20-67(50)79-71(52)69)77(61)65-39-60(76-5)66(38-45(65)40-75)78-62-31-25-42(44-23-27-49-47-15-7-11-19-57(47)74(3,4)59(49)37-44)35-55(62)70-64(78)33-29-53-51-17-9-13-21-68(51)80-72(53)70/h6-39H,1-4H3. The molecule has 0 bridgehead atoms. The molecule has 4 aromatic heterocycles. The summed E-state index contributed by atoms with van der Waals surface area (Å²) >= 11 is 0. The van der Waals surface area contributed by atoms with Crippen molar-refractivity contribution < 1.29 is 8.83 Å². The summed E-state index contributed by atoms with van der Waals surface area (Å²) in [7, 11) is 0. The SMILES string of the molecule is [C-]#[N+]c1cc(-n2c3ccc(-c4ccc5c(c4)C(C)(C)c4ccccc4-5)cc3c3c4oc5ccccc5c4ccc32)c(C#N)cc1-n1c2ccc(-c3ccc4c(c3)C(C)(C)c3ccccc3-4)cc2c2c3oc4ccccc4c3ccc21. The number of fused-ring (bicyclic) bond motifs is 20. The Bertz CT molecular complexity index is 5070. The zero-order valence-electron chi connectivity index (χ0n) is 44.2. The average molecular weight is 1020 g/mol. The Morgan fingerprint density at radius 3 is 1.32 bits per heavy atom. The Morgan fingerprint density at radius 2 is 0.825 bits per heavy atom. The predicted molar refractivity (Wildman–Crippen MR) is 327 cm³/mol. The molecule has 6 heteroatoms. The fraction of sp³-hybridized carbons (Fsp3) is 0.0811. The normalized spacial score (nSPS) is 13.9. The molecule has 11 aromatic carbocycles. The van der Waals surface area contributed by atoms with Gasteiger partial charge in [0.05, 0.1) is 56.3 Å². The molecule has 4 heterocycles. The first-order valence-corrected chi connectivity index (χ1v) is 27.3. The Balaban J connectivity index is 0.885. The zero-order valence-corrected chi connectivity index (χ0v) is 44.2. The van der Waals surface area contributed by atoms with Gasteiger partial charge in [0.2, 0.25) is 5.69 Å². The number of para-hydroxylation sites is 2. The lowest BCUT2D eigenvalue weighted by molar-refractivity contribution is 0.660. The van der Waals surface area contributed by atoms with Crippen LogP contribution in [0.3, 0.4) is 0 Å². The summed E-state index contributed by atoms with van der Waals surface area (Å²) in [6.07, 6.45) is 0. The molecule has 17 rings (SSSR count). The zero-order chi connectivity index (χ0) is 53.5. The highest BCUT2D eigenvalue weighted by Crippen LogP contribution is 2.53. The molecule has 80 heavy (non-hydrogen) atoms. The highest BCUT2D eigenvalue weighted by Gasteiger charge is 2.37. The lowest BCUT2D eigenvalue weighted by atomic mass is 9.81. The molecule has 0 saturated carbocycles. The quantitative estimate of drug-likeness (QED) is 0.165. The largest absolute Gasteiger partial charge is 0.455 e. The van der Waals surface area contributed by atoms with Crippen molar-refractivity contribution in [1.29, 1.82) is 5.26 Å². The van der Waals surface area contributed by atoms with Gasteiger partial charge in [-0.25, -0.2) is 4.85 Å². The molecule has 2 aliphatic rings. The van der Waals surface area contributed by atoms with Crippen molar-refractivity contribution in [1.82, 2.24) is 9.13 Å². The number of nitrogens with zero attached hydrogens (tertiary/aromatic N) is 4. The van der Waals surface area contributed by atoms with Crippen molar-refractivity contribution in [3.63, 3.8) is 0 Å². The van der Waals surface area contributed by atoms with Crippen LogP contribution in [-0.4, -0.2) is 9.13 Å². The van der Waals surface area contributed by atoms with Gasteiger partial charge in [0.15, 0.2) is 0 Å². The molecular weight excluding hydrogens is 977 g/mol. The number of rotatable bonds is 4. The molecule has 0 spiro atoms. The van der Waals surface area contributed by atoms with Crippen molar-refractivity contribution in [2.75, 3.05) is 0 Å². The third kappa shape index (κ3) is 5.79. The van der Waals surface area contributed by atoms with Crippen LogP contribution in [0.1, 0.15) is 55.5 Å². The number of nitriles is 1. The Kier molecular flexibility index (Phi) is 8.74. The van der Waals surface area contributed by atoms with Gasteiger partial charge in [0, 0.05) is 43.1 Å². The smallest absolute Gasteiger partial charge is 0.212 e. The van der Waals surface area contributed by atoms with Gasteiger partial charge in [0.1, 0.15) is 28.4 Å². The maximum absolute atomic E-state index is 11.5. The van der Waals surface area contributed by atoms with Gasteiger partial charge in [-0.3, -0.25) is 0 Å². The predicted octanol–water partition coefficient (Wildman–Crippen LogP) is 20.0. The maximum Gasteiger partial charge on any atom is 0.212 e. The van der Waals surface area contributed by atoms with Crippen LogP contribution in [0.15, 0.2) is 215 Å². The highest BCUT2D eigenvalue weighted by molar-refractivity contribution is 6.26. The van der Waals surface area contributed by atoms with E-state index < -0.39 is 0 Å². The van der Waals surface area contributed by atoms with E-state index in [0.29, 0.717) is 22.6 Å². The van der Waals surface area contributed by atoms with Crippen LogP contribution in [0.5, 0.6) is 0 Å².